The van der Waals surface area contributed by atoms with Gasteiger partial charge in [0.25, 0.3) is 0 Å². The first-order valence-electron chi connectivity index (χ1n) is 23.0. The predicted molar refractivity (Wildman–Crippen MR) is 272 cm³/mol. The van der Waals surface area contributed by atoms with Crippen LogP contribution >= 0.6 is 37.0 Å². The fourth-order valence-electron chi connectivity index (χ4n) is 6.56. The molecule has 1 aromatic carbocycles. The van der Waals surface area contributed by atoms with Gasteiger partial charge in [-0.1, -0.05) is 30.3 Å². The minimum absolute atomic E-state index is 0.0225. The fraction of sp³-hybridized carbons (Fsp3) is 0.605. The first-order chi connectivity index (χ1) is 34.4. The van der Waals surface area contributed by atoms with Gasteiger partial charge in [-0.15, -0.1) is 11.8 Å². The van der Waals surface area contributed by atoms with E-state index in [4.69, 9.17) is 26.7 Å². The van der Waals surface area contributed by atoms with E-state index in [1.165, 1.54) is 7.11 Å². The Bertz CT molecular complexity index is 1990. The zero-order chi connectivity index (χ0) is 53.4. The Morgan fingerprint density at radius 1 is 0.722 bits per heavy atom. The van der Waals surface area contributed by atoms with Crippen molar-refractivity contribution in [2.45, 2.75) is 87.2 Å². The van der Waals surface area contributed by atoms with Crippen LogP contribution in [0.25, 0.3) is 0 Å². The minimum Gasteiger partial charge on any atom is -0.481 e. The smallest absolute Gasteiger partial charge is 0.305 e. The van der Waals surface area contributed by atoms with Gasteiger partial charge in [-0.25, -0.2) is 0 Å². The number of methoxy groups -OCH3 is 1. The lowest BCUT2D eigenvalue weighted by molar-refractivity contribution is -0.141. The second kappa shape index (κ2) is 35.3. The highest BCUT2D eigenvalue weighted by molar-refractivity contribution is 8.00. The molecule has 26 nitrogen and oxygen atoms in total. The van der Waals surface area contributed by atoms with Crippen LogP contribution in [0.3, 0.4) is 0 Å². The number of nitrogens with one attached hydrogen (secondary N) is 9. The molecule has 0 bridgehead atoms. The maximum atomic E-state index is 14.2. The molecule has 0 unspecified atom stereocenters. The third kappa shape index (κ3) is 25.0. The number of carboxylic acid groups (broad SMARTS) is 1. The maximum absolute atomic E-state index is 14.2. The van der Waals surface area contributed by atoms with Crippen molar-refractivity contribution in [3.63, 3.8) is 0 Å². The van der Waals surface area contributed by atoms with E-state index in [0.717, 1.165) is 11.8 Å². The molecular weight excluding hydrogens is 1000 g/mol. The van der Waals surface area contributed by atoms with Crippen molar-refractivity contribution in [2.75, 3.05) is 76.1 Å². The van der Waals surface area contributed by atoms with Crippen LogP contribution in [0.4, 0.5) is 0 Å². The second-order valence-corrected chi connectivity index (χ2v) is 17.8. The van der Waals surface area contributed by atoms with Crippen LogP contribution in [0.2, 0.25) is 0 Å². The van der Waals surface area contributed by atoms with E-state index in [9.17, 15) is 53.1 Å². The SMILES string of the molecule is COCCOCCNC(=O)[C@@H]1CSCC(=O)N[C@@H](CCCCN)C(=O)N[C@@H](CS)C(=O)N[C@@H](CCCN=C(N)N)C(=O)NCC(=O)N[C@@H](CC(=O)O)C(=O)N[C@@H](CS)C(=O)N[C@@H](Cc2ccccc2)C(=O)N1. The summed E-state index contributed by atoms with van der Waals surface area (Å²) in [5.74, 6) is -10.7. The Hall–Kier alpha value is -5.88. The van der Waals surface area contributed by atoms with Crippen LogP contribution in [0.15, 0.2) is 35.3 Å². The number of carboxylic acids is 1. The number of aliphatic imine (C=N–C) groups is 1. The Morgan fingerprint density at radius 3 is 1.90 bits per heavy atom. The lowest BCUT2D eigenvalue weighted by atomic mass is 10.0. The molecule has 72 heavy (non-hydrogen) atoms. The number of guanidine groups is 1. The number of nitrogens with zero attached hydrogens (tertiary/aromatic N) is 1. The molecule has 1 fully saturated rings. The van der Waals surface area contributed by atoms with E-state index in [1.807, 2.05) is 0 Å². The lowest BCUT2D eigenvalue weighted by Crippen LogP contribution is -2.60. The van der Waals surface area contributed by atoms with E-state index in [2.05, 4.69) is 78.1 Å². The molecule has 29 heteroatoms. The Labute approximate surface area is 432 Å². The summed E-state index contributed by atoms with van der Waals surface area (Å²) in [6.45, 7) is 0.157. The number of thioether (sulfide) groups is 1. The molecule has 1 saturated heterocycles. The number of benzene rings is 1. The third-order valence-electron chi connectivity index (χ3n) is 10.3. The third-order valence-corrected chi connectivity index (χ3v) is 12.1. The summed E-state index contributed by atoms with van der Waals surface area (Å²) in [4.78, 5) is 139. The monoisotopic (exact) mass is 1070 g/mol. The van der Waals surface area contributed by atoms with Crippen molar-refractivity contribution < 1.29 is 62.5 Å². The summed E-state index contributed by atoms with van der Waals surface area (Å²) < 4.78 is 10.4. The van der Waals surface area contributed by atoms with Crippen LogP contribution in [0, 0.1) is 0 Å². The highest BCUT2D eigenvalue weighted by Crippen LogP contribution is 2.10. The van der Waals surface area contributed by atoms with Gasteiger partial charge in [0.2, 0.25) is 53.2 Å². The molecule has 16 N–H and O–H groups in total. The molecule has 1 aliphatic rings. The van der Waals surface area contributed by atoms with Crippen molar-refractivity contribution in [2.24, 2.45) is 22.2 Å². The number of nitrogens with two attached hydrogens (primary N) is 3. The molecule has 9 amide bonds. The number of ether oxygens (including phenoxy) is 2. The minimum atomic E-state index is -1.80. The average molecular weight is 1070 g/mol. The molecular formula is C43H69N13O13S3. The number of carbonyl (C=O) groups is 10. The van der Waals surface area contributed by atoms with Crippen molar-refractivity contribution in [1.29, 1.82) is 0 Å². The van der Waals surface area contributed by atoms with E-state index < -0.39 is 114 Å². The zero-order valence-corrected chi connectivity index (χ0v) is 42.6. The van der Waals surface area contributed by atoms with Gasteiger partial charge < -0.3 is 79.6 Å². The molecule has 0 saturated carbocycles. The molecule has 0 aliphatic carbocycles. The summed E-state index contributed by atoms with van der Waals surface area (Å²) in [5, 5.41) is 32.2. The van der Waals surface area contributed by atoms with Gasteiger partial charge >= 0.3 is 5.97 Å². The van der Waals surface area contributed by atoms with Crippen LogP contribution in [-0.2, 0) is 63.8 Å². The van der Waals surface area contributed by atoms with E-state index in [1.54, 1.807) is 30.3 Å². The van der Waals surface area contributed by atoms with Crippen LogP contribution in [0.1, 0.15) is 44.1 Å². The molecule has 1 aromatic rings. The Morgan fingerprint density at radius 2 is 1.29 bits per heavy atom. The van der Waals surface area contributed by atoms with E-state index in [-0.39, 0.29) is 87.5 Å². The second-order valence-electron chi connectivity index (χ2n) is 16.1. The summed E-state index contributed by atoms with van der Waals surface area (Å²) in [6.07, 6.45) is -0.0557. The van der Waals surface area contributed by atoms with Crippen LogP contribution < -0.4 is 65.1 Å². The van der Waals surface area contributed by atoms with Gasteiger partial charge in [-0.2, -0.15) is 25.3 Å². The number of unbranched alkanes of at least 4 members (excludes halogenated alkanes) is 1. The highest BCUT2D eigenvalue weighted by atomic mass is 32.2. The number of hydrogen-bond donors (Lipinski definition) is 15. The van der Waals surface area contributed by atoms with Gasteiger partial charge in [0.1, 0.15) is 42.3 Å². The molecule has 0 spiro atoms. The van der Waals surface area contributed by atoms with Crippen molar-refractivity contribution in [1.82, 2.24) is 47.9 Å². The Balaban J connectivity index is 2.62. The molecule has 402 valence electrons. The van der Waals surface area contributed by atoms with Gasteiger partial charge in [-0.3, -0.25) is 52.9 Å². The van der Waals surface area contributed by atoms with Crippen LogP contribution in [0.5, 0.6) is 0 Å². The van der Waals surface area contributed by atoms with Crippen molar-refractivity contribution in [3.8, 4) is 0 Å². The fourth-order valence-corrected chi connectivity index (χ4v) is 7.94. The summed E-state index contributed by atoms with van der Waals surface area (Å²) in [5.41, 5.74) is 17.1. The summed E-state index contributed by atoms with van der Waals surface area (Å²) >= 11 is 9.37. The van der Waals surface area contributed by atoms with Crippen molar-refractivity contribution in [3.05, 3.63) is 35.9 Å². The Kier molecular flexibility index (Phi) is 30.5. The van der Waals surface area contributed by atoms with Crippen LogP contribution in [-0.4, -0.2) is 189 Å². The molecule has 0 radical (unpaired) electrons. The van der Waals surface area contributed by atoms with E-state index >= 15 is 0 Å². The highest BCUT2D eigenvalue weighted by Gasteiger charge is 2.34. The first kappa shape index (κ1) is 62.2. The van der Waals surface area contributed by atoms with Gasteiger partial charge in [0.05, 0.1) is 38.5 Å². The molecule has 1 aliphatic heterocycles. The normalized spacial score (nSPS) is 22.8. The number of hydrogen-bond acceptors (Lipinski definition) is 17. The summed E-state index contributed by atoms with van der Waals surface area (Å²) in [6, 6.07) is -1.45. The summed E-state index contributed by atoms with van der Waals surface area (Å²) in [7, 11) is 1.50. The molecule has 2 rings (SSSR count). The van der Waals surface area contributed by atoms with E-state index in [0.29, 0.717) is 25.0 Å². The molecule has 0 aromatic heterocycles. The topological polar surface area (TPSA) is 408 Å². The van der Waals surface area contributed by atoms with Gasteiger partial charge in [0.15, 0.2) is 5.96 Å². The molecule has 7 atom stereocenters. The number of amides is 9. The van der Waals surface area contributed by atoms with Gasteiger partial charge in [-0.05, 0) is 44.2 Å². The number of aliphatic carboxylic acids is 1. The standard InChI is InChI=1S/C43H69N13O13S3/c1-68-16-17-69-15-14-47-37(62)32-23-72-24-34(58)50-27(10-5-6-12-44)38(63)54-30(21-70)41(66)52-26(11-7-13-48-43(45)46)36(61)49-20-33(57)51-29(19-35(59)60)40(65)55-31(22-71)42(67)53-28(39(64)56-32)18-25-8-3-2-4-9-25/h2-4,8-9,26-32,70-71H,5-7,10-24,44H2,1H3,(H,47,62)(H,49,61)(H,50,58)(H,51,57)(H,52,66)(H,53,67)(H,54,63)(H,55,65)(H,56,64)(H,59,60)(H4,45,46,48)/t26-,27-,28-,29-,30-,31-,32-/m0/s1. The lowest BCUT2D eigenvalue weighted by Gasteiger charge is -2.26. The largest absolute Gasteiger partial charge is 0.481 e. The van der Waals surface area contributed by atoms with Gasteiger partial charge in [0, 0.05) is 43.9 Å². The quantitative estimate of drug-likeness (QED) is 0.0237. The average Bonchev–Trinajstić information content (AvgIpc) is 3.34. The maximum Gasteiger partial charge on any atom is 0.305 e. The number of rotatable bonds is 21. The number of thiol groups is 2. The number of carbonyl (C=O) groups excluding carboxylic acids is 9. The van der Waals surface area contributed by atoms with Crippen molar-refractivity contribution >= 4 is 102 Å². The zero-order valence-electron chi connectivity index (χ0n) is 40.0. The first-order valence-corrected chi connectivity index (χ1v) is 25.4. The predicted octanol–water partition coefficient (Wildman–Crippen LogP) is -5.22. The molecule has 1 heterocycles.